The topological polar surface area (TPSA) is 341 Å². The minimum atomic E-state index is -4.06. The molecule has 0 spiro atoms. The minimum absolute atomic E-state index is 0.00405. The number of piperidine rings is 3. The van der Waals surface area contributed by atoms with Gasteiger partial charge in [0.15, 0.2) is 46.5 Å². The number of carbonyl (C=O) groups excluding carboxylic acids is 3. The van der Waals surface area contributed by atoms with E-state index < -0.39 is 113 Å². The summed E-state index contributed by atoms with van der Waals surface area (Å²) in [4.78, 5) is 50.7. The van der Waals surface area contributed by atoms with Crippen LogP contribution in [0.5, 0.6) is 0 Å². The number of nitrogens with zero attached hydrogens (tertiary/aromatic N) is 4. The normalized spacial score (nSPS) is 17.6. The Kier molecular flexibility index (Phi) is 20.6. The van der Waals surface area contributed by atoms with Crippen molar-refractivity contribution in [2.24, 2.45) is 11.8 Å². The highest BCUT2D eigenvalue weighted by Gasteiger charge is 2.38. The Morgan fingerprint density at radius 1 is 0.542 bits per heavy atom. The number of aliphatic hydroxyl groups excluding tert-OH is 3. The van der Waals surface area contributed by atoms with E-state index in [2.05, 4.69) is 35.9 Å². The molecule has 6 heterocycles. The lowest BCUT2D eigenvalue weighted by Crippen LogP contribution is -2.48. The van der Waals surface area contributed by atoms with Crippen LogP contribution in [0.15, 0.2) is 124 Å². The first-order valence-electron chi connectivity index (χ1n) is 29.4. The van der Waals surface area contributed by atoms with Crippen molar-refractivity contribution in [3.63, 3.8) is 0 Å². The Morgan fingerprint density at radius 3 is 1.46 bits per heavy atom. The molecule has 34 heteroatoms. The number of amides is 3. The average Bonchev–Trinajstić information content (AvgIpc) is 1.31. The van der Waals surface area contributed by atoms with Gasteiger partial charge in [0.25, 0.3) is 17.7 Å². The Hall–Kier alpha value is -8.71. The van der Waals surface area contributed by atoms with E-state index in [1.165, 1.54) is 51.5 Å². The number of aromatic amines is 3. The third-order valence-electron chi connectivity index (χ3n) is 16.7. The average molecular weight is 1400 g/mol. The van der Waals surface area contributed by atoms with Crippen LogP contribution < -0.4 is 16.0 Å². The van der Waals surface area contributed by atoms with E-state index in [9.17, 15) is 95.2 Å². The van der Waals surface area contributed by atoms with Crippen LogP contribution in [-0.4, -0.2) is 160 Å². The largest absolute Gasteiger partial charge is 0.396 e. The summed E-state index contributed by atoms with van der Waals surface area (Å²) < 4.78 is 190. The first-order valence-corrected chi connectivity index (χ1v) is 33.7. The monoisotopic (exact) mass is 1400 g/mol. The molecule has 6 aromatic carbocycles. The van der Waals surface area contributed by atoms with Gasteiger partial charge in [-0.1, -0.05) is 6.92 Å². The molecule has 9 aromatic rings. The molecular formula is C62H60F8N10O13S3. The second-order valence-corrected chi connectivity index (χ2v) is 28.9. The number of imidazole rings is 1. The van der Waals surface area contributed by atoms with Crippen molar-refractivity contribution < 1.29 is 95.2 Å². The number of carbonyl (C=O) groups is 3. The maximum Gasteiger partial charge on any atom is 0.257 e. The summed E-state index contributed by atoms with van der Waals surface area (Å²) in [7, 11) is -11.9. The molecule has 3 aromatic heterocycles. The number of benzene rings is 6. The van der Waals surface area contributed by atoms with Crippen LogP contribution in [0.25, 0.3) is 32.8 Å². The quantitative estimate of drug-likeness (QED) is 0.0364. The number of anilines is 3. The van der Waals surface area contributed by atoms with E-state index in [0.717, 1.165) is 28.6 Å². The van der Waals surface area contributed by atoms with Crippen molar-refractivity contribution in [3.05, 3.63) is 173 Å². The number of rotatable bonds is 14. The van der Waals surface area contributed by atoms with Crippen molar-refractivity contribution in [1.82, 2.24) is 32.9 Å². The minimum Gasteiger partial charge on any atom is -0.396 e. The van der Waals surface area contributed by atoms with E-state index in [0.29, 0.717) is 65.3 Å². The summed E-state index contributed by atoms with van der Waals surface area (Å²) in [5.74, 6) is -13.9. The predicted octanol–water partition coefficient (Wildman–Crippen LogP) is 8.06. The standard InChI is InChI=1S/C21H21F3N4O4S.C21H20F3N3O5S.C20H19F2N3O4S/c1-11-8-28(3-2-12(11)9-29)33(31,32)14-6-15(20-18(7-14)25-10-26-20)21(30)27-13-4-16(22)19(24)17(23)5-13;22-16-8-13(9-17(23)18(16)24)26-20(29)15-10-14(7-12-1-4-25-19(12)15)33(31,32)27-5-2-21(30,11-28)3-6-27;21-17-2-1-13(10-18(17)22)24-20(27)16-11-15(9-12-3-6-23-19(12)16)30(28,29)25-7-4-14(26)5-8-25/h4-7,10-12,29H,2-3,8-9H2,1H3,(H,25,26)(H,27,30);1,4,7-10,25,28,30H,2-3,5-6,11H2,(H,26,29);1-3,6,9-11,14,23,26H,4-5,7-8H2,(H,24,27). The number of hydrogen-bond acceptors (Lipinski definition) is 14. The fraction of sp³-hybridized carbons (Fsp3) is 0.290. The van der Waals surface area contributed by atoms with E-state index in [1.54, 1.807) is 18.3 Å². The molecule has 3 fully saturated rings. The molecule has 3 amide bonds. The highest BCUT2D eigenvalue weighted by molar-refractivity contribution is 7.89. The van der Waals surface area contributed by atoms with Gasteiger partial charge >= 0.3 is 0 Å². The zero-order valence-electron chi connectivity index (χ0n) is 50.3. The van der Waals surface area contributed by atoms with Crippen LogP contribution in [-0.2, 0) is 30.1 Å². The van der Waals surface area contributed by atoms with Gasteiger partial charge in [-0.15, -0.1) is 0 Å². The molecule has 3 saturated heterocycles. The van der Waals surface area contributed by atoms with Crippen LogP contribution in [0.4, 0.5) is 52.2 Å². The molecule has 96 heavy (non-hydrogen) atoms. The second-order valence-electron chi connectivity index (χ2n) is 23.1. The van der Waals surface area contributed by atoms with Gasteiger partial charge in [0.2, 0.25) is 30.1 Å². The SMILES string of the molecule is CC1CN(S(=O)(=O)c2cc(C(=O)Nc3cc(F)c(F)c(F)c3)c3nc[nH]c3c2)CCC1CO.O=C(Nc1cc(F)c(F)c(F)c1)c1cc(S(=O)(=O)N2CCC(O)(CO)CC2)cc2cc[nH]c12.O=C(Nc1ccc(F)c(F)c1)c1cc(S(=O)(=O)N2CCC(O)CC2)cc2cc[nH]c12. The highest BCUT2D eigenvalue weighted by Crippen LogP contribution is 2.34. The molecule has 0 bridgehead atoms. The number of aromatic nitrogens is 4. The summed E-state index contributed by atoms with van der Waals surface area (Å²) in [6.45, 7) is 2.10. The molecular weight excluding hydrogens is 1340 g/mol. The van der Waals surface area contributed by atoms with E-state index in [1.807, 2.05) is 6.92 Å². The van der Waals surface area contributed by atoms with Crippen LogP contribution in [0, 0.1) is 58.4 Å². The summed E-state index contributed by atoms with van der Waals surface area (Å²) >= 11 is 0. The maximum atomic E-state index is 13.5. The van der Waals surface area contributed by atoms with Crippen LogP contribution in [0.1, 0.15) is 70.1 Å². The molecule has 0 radical (unpaired) electrons. The van der Waals surface area contributed by atoms with Crippen LogP contribution in [0.2, 0.25) is 0 Å². The summed E-state index contributed by atoms with van der Waals surface area (Å²) in [5, 5.41) is 46.4. The van der Waals surface area contributed by atoms with E-state index >= 15 is 0 Å². The molecule has 3 aliphatic rings. The zero-order chi connectivity index (χ0) is 69.3. The molecule has 23 nitrogen and oxygen atoms in total. The Labute approximate surface area is 541 Å². The second kappa shape index (κ2) is 28.2. The molecule has 2 atom stereocenters. The van der Waals surface area contributed by atoms with Gasteiger partial charge < -0.3 is 51.3 Å². The Bertz CT molecular complexity index is 4790. The number of H-pyrrole nitrogens is 3. The molecule has 10 N–H and O–H groups in total. The van der Waals surface area contributed by atoms with Gasteiger partial charge in [0.1, 0.15) is 5.52 Å². The molecule has 3 aliphatic heterocycles. The fourth-order valence-corrected chi connectivity index (χ4v) is 15.8. The highest BCUT2D eigenvalue weighted by atomic mass is 32.2. The lowest BCUT2D eigenvalue weighted by Gasteiger charge is -2.36. The number of hydrogen-bond donors (Lipinski definition) is 10. The number of nitrogens with one attached hydrogen (secondary N) is 6. The van der Waals surface area contributed by atoms with Gasteiger partial charge in [-0.05, 0) is 105 Å². The first-order chi connectivity index (χ1) is 45.4. The maximum absolute atomic E-state index is 13.5. The fourth-order valence-electron chi connectivity index (χ4n) is 11.2. The number of halogens is 8. The van der Waals surface area contributed by atoms with Crippen LogP contribution in [0.3, 0.4) is 0 Å². The van der Waals surface area contributed by atoms with Crippen LogP contribution >= 0.6 is 0 Å². The summed E-state index contributed by atoms with van der Waals surface area (Å²) in [6.07, 6.45) is 5.10. The van der Waals surface area contributed by atoms with E-state index in [-0.39, 0.29) is 130 Å². The third kappa shape index (κ3) is 14.8. The summed E-state index contributed by atoms with van der Waals surface area (Å²) in [5.41, 5.74) is -1.04. The van der Waals surface area contributed by atoms with Crippen molar-refractivity contribution in [2.45, 2.75) is 65.4 Å². The Morgan fingerprint density at radius 2 is 0.979 bits per heavy atom. The number of sulfonamides is 3. The van der Waals surface area contributed by atoms with Gasteiger partial charge in [0.05, 0.1) is 72.6 Å². The van der Waals surface area contributed by atoms with Crippen molar-refractivity contribution in [3.8, 4) is 0 Å². The third-order valence-corrected chi connectivity index (χ3v) is 22.3. The number of fused-ring (bicyclic) bond motifs is 3. The van der Waals surface area contributed by atoms with Crippen molar-refractivity contribution in [1.29, 1.82) is 0 Å². The lowest BCUT2D eigenvalue weighted by atomic mass is 9.89. The van der Waals surface area contributed by atoms with E-state index in [4.69, 9.17) is 0 Å². The molecule has 510 valence electrons. The van der Waals surface area contributed by atoms with Crippen molar-refractivity contribution >= 4 is 97.7 Å². The molecule has 0 aliphatic carbocycles. The molecule has 12 rings (SSSR count). The zero-order valence-corrected chi connectivity index (χ0v) is 52.8. The van der Waals surface area contributed by atoms with Gasteiger partial charge in [-0.3, -0.25) is 14.4 Å². The van der Waals surface area contributed by atoms with Gasteiger partial charge in [-0.25, -0.2) is 65.4 Å². The van der Waals surface area contributed by atoms with Gasteiger partial charge in [-0.2, -0.15) is 12.9 Å². The molecule has 2 unspecified atom stereocenters. The summed E-state index contributed by atoms with van der Waals surface area (Å²) in [6, 6.07) is 16.3. The predicted molar refractivity (Wildman–Crippen MR) is 333 cm³/mol. The smallest absolute Gasteiger partial charge is 0.257 e. The first kappa shape index (κ1) is 70.1. The number of aliphatic hydroxyl groups is 4. The van der Waals surface area contributed by atoms with Gasteiger partial charge in [0, 0.05) is 116 Å². The van der Waals surface area contributed by atoms with Crippen molar-refractivity contribution in [2.75, 3.05) is 68.4 Å². The Balaban J connectivity index is 0.000000157. The molecule has 0 saturated carbocycles. The lowest BCUT2D eigenvalue weighted by molar-refractivity contribution is -0.0480.